The van der Waals surface area contributed by atoms with Gasteiger partial charge in [-0.05, 0) is 32.6 Å². The van der Waals surface area contributed by atoms with Crippen molar-refractivity contribution in [3.63, 3.8) is 0 Å². The standard InChI is InChI=1S/C12H20O4/c1-11(2,10(13)14)9-3-5-12(6-4-9)15-7-8-16-12/h9H,3-8H2,1-2H3,(H,13,14). The molecule has 4 nitrogen and oxygen atoms in total. The summed E-state index contributed by atoms with van der Waals surface area (Å²) in [6.07, 6.45) is 3.40. The quantitative estimate of drug-likeness (QED) is 0.785. The van der Waals surface area contributed by atoms with Crippen LogP contribution in [0.2, 0.25) is 0 Å². The predicted octanol–water partition coefficient (Wildman–Crippen LogP) is 2.03. The molecule has 0 atom stereocenters. The normalized spacial score (nSPS) is 26.1. The van der Waals surface area contributed by atoms with Crippen molar-refractivity contribution in [3.8, 4) is 0 Å². The van der Waals surface area contributed by atoms with Gasteiger partial charge in [0.05, 0.1) is 18.6 Å². The van der Waals surface area contributed by atoms with Gasteiger partial charge < -0.3 is 14.6 Å². The lowest BCUT2D eigenvalue weighted by molar-refractivity contribution is -0.190. The Kier molecular flexibility index (Phi) is 2.97. The summed E-state index contributed by atoms with van der Waals surface area (Å²) in [7, 11) is 0. The van der Waals surface area contributed by atoms with E-state index in [-0.39, 0.29) is 11.7 Å². The van der Waals surface area contributed by atoms with Gasteiger partial charge in [-0.15, -0.1) is 0 Å². The van der Waals surface area contributed by atoms with Crippen LogP contribution in [0.3, 0.4) is 0 Å². The molecule has 0 aromatic carbocycles. The summed E-state index contributed by atoms with van der Waals surface area (Å²) in [6.45, 7) is 4.97. The van der Waals surface area contributed by atoms with Crippen molar-refractivity contribution in [1.29, 1.82) is 0 Å². The molecule has 1 heterocycles. The third kappa shape index (κ3) is 1.96. The highest BCUT2D eigenvalue weighted by atomic mass is 16.7. The van der Waals surface area contributed by atoms with Crippen molar-refractivity contribution in [2.45, 2.75) is 45.3 Å². The fraction of sp³-hybridized carbons (Fsp3) is 0.917. The molecule has 1 aliphatic carbocycles. The Morgan fingerprint density at radius 3 is 2.19 bits per heavy atom. The molecule has 92 valence electrons. The van der Waals surface area contributed by atoms with Gasteiger partial charge in [0.25, 0.3) is 0 Å². The number of ether oxygens (including phenoxy) is 2. The second-order valence-corrected chi connectivity index (χ2v) is 5.41. The number of rotatable bonds is 2. The molecule has 1 saturated heterocycles. The smallest absolute Gasteiger partial charge is 0.309 e. The molecule has 1 N–H and O–H groups in total. The highest BCUT2D eigenvalue weighted by molar-refractivity contribution is 5.74. The summed E-state index contributed by atoms with van der Waals surface area (Å²) >= 11 is 0. The first-order valence-electron chi connectivity index (χ1n) is 5.98. The Balaban J connectivity index is 1.97. The minimum Gasteiger partial charge on any atom is -0.481 e. The second-order valence-electron chi connectivity index (χ2n) is 5.41. The van der Waals surface area contributed by atoms with Crippen molar-refractivity contribution < 1.29 is 19.4 Å². The van der Waals surface area contributed by atoms with E-state index >= 15 is 0 Å². The van der Waals surface area contributed by atoms with Crippen LogP contribution in [0.5, 0.6) is 0 Å². The van der Waals surface area contributed by atoms with E-state index < -0.39 is 11.4 Å². The Morgan fingerprint density at radius 1 is 1.25 bits per heavy atom. The number of carboxylic acids is 1. The molecule has 2 fully saturated rings. The lowest BCUT2D eigenvalue weighted by Crippen LogP contribution is -2.41. The van der Waals surface area contributed by atoms with E-state index in [9.17, 15) is 9.90 Å². The molecule has 0 radical (unpaired) electrons. The summed E-state index contributed by atoms with van der Waals surface area (Å²) in [5, 5.41) is 9.19. The van der Waals surface area contributed by atoms with Crippen LogP contribution in [0, 0.1) is 11.3 Å². The maximum atomic E-state index is 11.2. The van der Waals surface area contributed by atoms with E-state index in [2.05, 4.69) is 0 Å². The Hall–Kier alpha value is -0.610. The summed E-state index contributed by atoms with van der Waals surface area (Å²) < 4.78 is 11.3. The number of hydrogen-bond acceptors (Lipinski definition) is 3. The fourth-order valence-corrected chi connectivity index (χ4v) is 2.74. The van der Waals surface area contributed by atoms with E-state index in [4.69, 9.17) is 9.47 Å². The van der Waals surface area contributed by atoms with Crippen LogP contribution in [0.4, 0.5) is 0 Å². The first-order chi connectivity index (χ1) is 7.46. The molecule has 2 rings (SSSR count). The Labute approximate surface area is 95.9 Å². The van der Waals surface area contributed by atoms with Crippen LogP contribution in [0.1, 0.15) is 39.5 Å². The van der Waals surface area contributed by atoms with Crippen molar-refractivity contribution in [3.05, 3.63) is 0 Å². The zero-order valence-corrected chi connectivity index (χ0v) is 9.99. The van der Waals surface area contributed by atoms with Crippen LogP contribution in [-0.4, -0.2) is 30.1 Å². The zero-order chi connectivity index (χ0) is 11.8. The Morgan fingerprint density at radius 2 is 1.75 bits per heavy atom. The highest BCUT2D eigenvalue weighted by Crippen LogP contribution is 2.44. The molecular weight excluding hydrogens is 208 g/mol. The molecular formula is C12H20O4. The second kappa shape index (κ2) is 4.00. The van der Waals surface area contributed by atoms with Gasteiger partial charge in [-0.3, -0.25) is 4.79 Å². The molecule has 2 aliphatic rings. The third-order valence-corrected chi connectivity index (χ3v) is 4.13. The van der Waals surface area contributed by atoms with Crippen LogP contribution in [0.15, 0.2) is 0 Å². The lowest BCUT2D eigenvalue weighted by Gasteiger charge is -2.40. The molecule has 0 bridgehead atoms. The van der Waals surface area contributed by atoms with Crippen LogP contribution in [-0.2, 0) is 14.3 Å². The van der Waals surface area contributed by atoms with E-state index in [1.54, 1.807) is 0 Å². The number of carboxylic acid groups (broad SMARTS) is 1. The van der Waals surface area contributed by atoms with Gasteiger partial charge in [-0.1, -0.05) is 0 Å². The van der Waals surface area contributed by atoms with Gasteiger partial charge in [0, 0.05) is 12.8 Å². The third-order valence-electron chi connectivity index (χ3n) is 4.13. The fourth-order valence-electron chi connectivity index (χ4n) is 2.74. The molecule has 0 aromatic heterocycles. The first kappa shape index (κ1) is 11.9. The molecule has 1 aliphatic heterocycles. The lowest BCUT2D eigenvalue weighted by atomic mass is 9.70. The van der Waals surface area contributed by atoms with E-state index in [0.29, 0.717) is 13.2 Å². The van der Waals surface area contributed by atoms with Gasteiger partial charge >= 0.3 is 5.97 Å². The largest absolute Gasteiger partial charge is 0.481 e. The zero-order valence-electron chi connectivity index (χ0n) is 9.99. The maximum Gasteiger partial charge on any atom is 0.309 e. The summed E-state index contributed by atoms with van der Waals surface area (Å²) in [4.78, 5) is 11.2. The van der Waals surface area contributed by atoms with Gasteiger partial charge in [-0.2, -0.15) is 0 Å². The van der Waals surface area contributed by atoms with E-state index in [1.165, 1.54) is 0 Å². The molecule has 16 heavy (non-hydrogen) atoms. The van der Waals surface area contributed by atoms with Gasteiger partial charge in [0.2, 0.25) is 0 Å². The average molecular weight is 228 g/mol. The highest BCUT2D eigenvalue weighted by Gasteiger charge is 2.46. The molecule has 0 unspecified atom stereocenters. The monoisotopic (exact) mass is 228 g/mol. The number of aliphatic carboxylic acids is 1. The average Bonchev–Trinajstić information content (AvgIpc) is 2.67. The van der Waals surface area contributed by atoms with Crippen molar-refractivity contribution in [2.24, 2.45) is 11.3 Å². The molecule has 1 saturated carbocycles. The molecule has 0 amide bonds. The maximum absolute atomic E-state index is 11.2. The first-order valence-corrected chi connectivity index (χ1v) is 5.98. The SMILES string of the molecule is CC(C)(C(=O)O)C1CCC2(CC1)OCCO2. The number of hydrogen-bond donors (Lipinski definition) is 1. The van der Waals surface area contributed by atoms with Crippen molar-refractivity contribution in [2.75, 3.05) is 13.2 Å². The summed E-state index contributed by atoms with van der Waals surface area (Å²) in [5.41, 5.74) is -0.639. The van der Waals surface area contributed by atoms with E-state index in [1.807, 2.05) is 13.8 Å². The molecule has 1 spiro atoms. The summed E-state index contributed by atoms with van der Waals surface area (Å²) in [6, 6.07) is 0. The summed E-state index contributed by atoms with van der Waals surface area (Å²) in [5.74, 6) is -0.865. The van der Waals surface area contributed by atoms with Crippen molar-refractivity contribution >= 4 is 5.97 Å². The van der Waals surface area contributed by atoms with Crippen LogP contribution >= 0.6 is 0 Å². The minimum absolute atomic E-state index is 0.225. The van der Waals surface area contributed by atoms with Gasteiger partial charge in [0.15, 0.2) is 5.79 Å². The van der Waals surface area contributed by atoms with Crippen molar-refractivity contribution in [1.82, 2.24) is 0 Å². The predicted molar refractivity (Wildman–Crippen MR) is 58.0 cm³/mol. The minimum atomic E-state index is -0.707. The van der Waals surface area contributed by atoms with Gasteiger partial charge in [0.1, 0.15) is 0 Å². The molecule has 0 aromatic rings. The van der Waals surface area contributed by atoms with E-state index in [0.717, 1.165) is 25.7 Å². The van der Waals surface area contributed by atoms with Crippen LogP contribution < -0.4 is 0 Å². The number of carbonyl (C=O) groups is 1. The Bertz CT molecular complexity index is 269. The van der Waals surface area contributed by atoms with Gasteiger partial charge in [-0.25, -0.2) is 0 Å². The topological polar surface area (TPSA) is 55.8 Å². The van der Waals surface area contributed by atoms with Crippen LogP contribution in [0.25, 0.3) is 0 Å². The molecule has 4 heteroatoms.